The van der Waals surface area contributed by atoms with Crippen LogP contribution in [0.4, 0.5) is 4.79 Å². The summed E-state index contributed by atoms with van der Waals surface area (Å²) in [5.74, 6) is 0. The van der Waals surface area contributed by atoms with Gasteiger partial charge in [-0.1, -0.05) is 57.0 Å². The molecular weight excluding hydrogens is 378 g/mol. The number of carbonyl (C=O) groups is 1. The lowest BCUT2D eigenvalue weighted by Gasteiger charge is -2.23. The molecular formula is C13H17Br2NOS. The van der Waals surface area contributed by atoms with Gasteiger partial charge in [-0.2, -0.15) is 0 Å². The van der Waals surface area contributed by atoms with Gasteiger partial charge in [0.15, 0.2) is 0 Å². The Bertz CT molecular complexity index is 361. The van der Waals surface area contributed by atoms with E-state index in [9.17, 15) is 4.79 Å². The smallest absolute Gasteiger partial charge is 0.286 e. The number of amides is 1. The maximum atomic E-state index is 12.2. The number of hydrogen-bond acceptors (Lipinski definition) is 2. The highest BCUT2D eigenvalue weighted by Gasteiger charge is 2.17. The number of thioether (sulfide) groups is 1. The van der Waals surface area contributed by atoms with Crippen LogP contribution in [0.5, 0.6) is 0 Å². The van der Waals surface area contributed by atoms with Gasteiger partial charge >= 0.3 is 0 Å². The maximum absolute atomic E-state index is 12.2. The van der Waals surface area contributed by atoms with Crippen LogP contribution < -0.4 is 0 Å². The van der Waals surface area contributed by atoms with Crippen molar-refractivity contribution in [1.29, 1.82) is 0 Å². The summed E-state index contributed by atoms with van der Waals surface area (Å²) in [5.41, 5.74) is 0. The molecule has 2 nitrogen and oxygen atoms in total. The van der Waals surface area contributed by atoms with E-state index in [0.29, 0.717) is 4.83 Å². The first-order chi connectivity index (χ1) is 8.67. The predicted octanol–water partition coefficient (Wildman–Crippen LogP) is 4.77. The lowest BCUT2D eigenvalue weighted by Crippen LogP contribution is -2.34. The molecule has 100 valence electrons. The summed E-state index contributed by atoms with van der Waals surface area (Å²) in [5, 5.41) is 0.963. The van der Waals surface area contributed by atoms with E-state index in [2.05, 4.69) is 38.8 Å². The summed E-state index contributed by atoms with van der Waals surface area (Å²) in [6.07, 6.45) is 0.975. The van der Waals surface area contributed by atoms with Gasteiger partial charge in [0, 0.05) is 28.1 Å². The van der Waals surface area contributed by atoms with Crippen LogP contribution in [0.1, 0.15) is 13.3 Å². The summed E-state index contributed by atoms with van der Waals surface area (Å²) < 4.78 is 0. The molecule has 0 spiro atoms. The lowest BCUT2D eigenvalue weighted by atomic mass is 10.4. The second-order valence-corrected chi connectivity index (χ2v) is 6.85. The molecule has 0 fully saturated rings. The van der Waals surface area contributed by atoms with Crippen LogP contribution in [0.15, 0.2) is 35.2 Å². The molecule has 1 rings (SSSR count). The standard InChI is InChI=1S/C13H17Br2NOS/c1-2-8-16(10-11(15)9-14)13(17)18-12-6-4-3-5-7-12/h3-7,11H,2,8-10H2,1H3. The molecule has 1 aromatic carbocycles. The molecule has 1 aromatic rings. The van der Waals surface area contributed by atoms with E-state index in [1.807, 2.05) is 35.2 Å². The fourth-order valence-corrected chi connectivity index (χ4v) is 2.81. The topological polar surface area (TPSA) is 20.3 Å². The Morgan fingerprint density at radius 3 is 2.61 bits per heavy atom. The number of benzene rings is 1. The zero-order chi connectivity index (χ0) is 13.4. The highest BCUT2D eigenvalue weighted by Crippen LogP contribution is 2.22. The van der Waals surface area contributed by atoms with E-state index in [1.165, 1.54) is 11.8 Å². The summed E-state index contributed by atoms with van der Waals surface area (Å²) in [6, 6.07) is 9.78. The van der Waals surface area contributed by atoms with E-state index < -0.39 is 0 Å². The summed E-state index contributed by atoms with van der Waals surface area (Å²) >= 11 is 8.26. The summed E-state index contributed by atoms with van der Waals surface area (Å²) in [6.45, 7) is 3.62. The molecule has 0 radical (unpaired) electrons. The van der Waals surface area contributed by atoms with E-state index in [0.717, 1.165) is 29.7 Å². The molecule has 1 unspecified atom stereocenters. The molecule has 18 heavy (non-hydrogen) atoms. The van der Waals surface area contributed by atoms with Gasteiger partial charge in [-0.05, 0) is 30.3 Å². The van der Waals surface area contributed by atoms with Gasteiger partial charge in [-0.25, -0.2) is 0 Å². The third-order valence-corrected chi connectivity index (χ3v) is 5.49. The maximum Gasteiger partial charge on any atom is 0.286 e. The van der Waals surface area contributed by atoms with Crippen LogP contribution in [0, 0.1) is 0 Å². The first-order valence-electron chi connectivity index (χ1n) is 5.89. The largest absolute Gasteiger partial charge is 0.332 e. The molecule has 0 aliphatic heterocycles. The van der Waals surface area contributed by atoms with E-state index in [4.69, 9.17) is 0 Å². The van der Waals surface area contributed by atoms with Crippen molar-refractivity contribution in [2.45, 2.75) is 23.1 Å². The van der Waals surface area contributed by atoms with Crippen molar-refractivity contribution in [3.63, 3.8) is 0 Å². The normalized spacial score (nSPS) is 12.2. The average Bonchev–Trinajstić information content (AvgIpc) is 2.39. The zero-order valence-corrected chi connectivity index (χ0v) is 14.3. The quantitative estimate of drug-likeness (QED) is 0.511. The second kappa shape index (κ2) is 8.99. The SMILES string of the molecule is CCCN(CC(Br)CBr)C(=O)Sc1ccccc1. The first-order valence-corrected chi connectivity index (χ1v) is 8.74. The van der Waals surface area contributed by atoms with Gasteiger partial charge in [-0.15, -0.1) is 0 Å². The van der Waals surface area contributed by atoms with Gasteiger partial charge < -0.3 is 4.90 Å². The molecule has 0 N–H and O–H groups in total. The molecule has 0 aliphatic rings. The second-order valence-electron chi connectivity index (χ2n) is 3.88. The van der Waals surface area contributed by atoms with Crippen LogP contribution >= 0.6 is 43.6 Å². The Morgan fingerprint density at radius 2 is 2.06 bits per heavy atom. The van der Waals surface area contributed by atoms with Crippen LogP contribution in [0.25, 0.3) is 0 Å². The van der Waals surface area contributed by atoms with E-state index >= 15 is 0 Å². The Hall–Kier alpha value is 0. The Labute approximate surface area is 130 Å². The van der Waals surface area contributed by atoms with Crippen LogP contribution in [0.3, 0.4) is 0 Å². The number of alkyl halides is 2. The van der Waals surface area contributed by atoms with E-state index in [-0.39, 0.29) is 5.24 Å². The minimum atomic E-state index is 0.119. The third-order valence-electron chi connectivity index (χ3n) is 2.29. The van der Waals surface area contributed by atoms with Gasteiger partial charge in [0.05, 0.1) is 0 Å². The van der Waals surface area contributed by atoms with Gasteiger partial charge in [0.2, 0.25) is 0 Å². The number of carbonyl (C=O) groups excluding carboxylic acids is 1. The van der Waals surface area contributed by atoms with Crippen LogP contribution in [-0.4, -0.2) is 33.4 Å². The highest BCUT2D eigenvalue weighted by molar-refractivity contribution is 9.12. The average molecular weight is 395 g/mol. The summed E-state index contributed by atoms with van der Waals surface area (Å²) in [4.78, 5) is 15.4. The molecule has 0 aromatic heterocycles. The number of rotatable bonds is 6. The lowest BCUT2D eigenvalue weighted by molar-refractivity contribution is 0.224. The van der Waals surface area contributed by atoms with Crippen molar-refractivity contribution in [2.24, 2.45) is 0 Å². The van der Waals surface area contributed by atoms with Gasteiger partial charge in [0.25, 0.3) is 5.24 Å². The predicted molar refractivity (Wildman–Crippen MR) is 86.1 cm³/mol. The molecule has 0 saturated heterocycles. The van der Waals surface area contributed by atoms with Crippen molar-refractivity contribution in [3.05, 3.63) is 30.3 Å². The molecule has 1 atom stereocenters. The Kier molecular flexibility index (Phi) is 8.02. The fraction of sp³-hybridized carbons (Fsp3) is 0.462. The highest BCUT2D eigenvalue weighted by atomic mass is 79.9. The molecule has 0 saturated carbocycles. The van der Waals surface area contributed by atoms with Crippen molar-refractivity contribution >= 4 is 48.9 Å². The number of hydrogen-bond donors (Lipinski definition) is 0. The van der Waals surface area contributed by atoms with Crippen molar-refractivity contribution in [3.8, 4) is 0 Å². The molecule has 0 aliphatic carbocycles. The minimum Gasteiger partial charge on any atom is -0.332 e. The van der Waals surface area contributed by atoms with E-state index in [1.54, 1.807) is 0 Å². The Balaban J connectivity index is 2.59. The summed E-state index contributed by atoms with van der Waals surface area (Å²) in [7, 11) is 0. The van der Waals surface area contributed by atoms with Crippen LogP contribution in [0.2, 0.25) is 0 Å². The van der Waals surface area contributed by atoms with Crippen molar-refractivity contribution < 1.29 is 4.79 Å². The van der Waals surface area contributed by atoms with Gasteiger partial charge in [0.1, 0.15) is 0 Å². The molecule has 1 amide bonds. The van der Waals surface area contributed by atoms with Crippen molar-refractivity contribution in [2.75, 3.05) is 18.4 Å². The fourth-order valence-electron chi connectivity index (χ4n) is 1.47. The minimum absolute atomic E-state index is 0.119. The number of nitrogens with zero attached hydrogens (tertiary/aromatic N) is 1. The van der Waals surface area contributed by atoms with Gasteiger partial charge in [-0.3, -0.25) is 4.79 Å². The number of halogens is 2. The van der Waals surface area contributed by atoms with Crippen molar-refractivity contribution in [1.82, 2.24) is 4.90 Å². The third kappa shape index (κ3) is 5.76. The Morgan fingerprint density at radius 1 is 1.39 bits per heavy atom. The molecule has 0 bridgehead atoms. The molecule has 5 heteroatoms. The molecule has 0 heterocycles. The zero-order valence-electron chi connectivity index (χ0n) is 10.3. The van der Waals surface area contributed by atoms with Crippen LogP contribution in [-0.2, 0) is 0 Å². The monoisotopic (exact) mass is 393 g/mol. The first kappa shape index (κ1) is 16.1.